The molecule has 1 fully saturated rings. The van der Waals surface area contributed by atoms with Crippen LogP contribution in [0.4, 0.5) is 0 Å². The quantitative estimate of drug-likeness (QED) is 0.868. The van der Waals surface area contributed by atoms with Crippen molar-refractivity contribution >= 4 is 0 Å². The van der Waals surface area contributed by atoms with Crippen LogP contribution < -0.4 is 10.5 Å². The Labute approximate surface area is 110 Å². The second-order valence-corrected chi connectivity index (χ2v) is 5.64. The summed E-state index contributed by atoms with van der Waals surface area (Å²) >= 11 is 0. The SMILES string of the molecule is CC(C)COc1cccc(CN2CCC(N)C2)c1. The molecule has 1 atom stereocenters. The number of hydrogen-bond acceptors (Lipinski definition) is 3. The smallest absolute Gasteiger partial charge is 0.119 e. The zero-order chi connectivity index (χ0) is 13.0. The van der Waals surface area contributed by atoms with Crippen LogP contribution in [0.25, 0.3) is 0 Å². The fraction of sp³-hybridized carbons (Fsp3) is 0.600. The molecule has 1 aromatic rings. The Bertz CT molecular complexity index is 379. The average Bonchev–Trinajstić information content (AvgIpc) is 2.73. The molecular formula is C15H24N2O. The summed E-state index contributed by atoms with van der Waals surface area (Å²) in [6.07, 6.45) is 1.11. The van der Waals surface area contributed by atoms with Crippen molar-refractivity contribution in [3.05, 3.63) is 29.8 Å². The second-order valence-electron chi connectivity index (χ2n) is 5.64. The molecule has 1 aromatic carbocycles. The van der Waals surface area contributed by atoms with Gasteiger partial charge in [-0.15, -0.1) is 0 Å². The van der Waals surface area contributed by atoms with Crippen LogP contribution in [0.3, 0.4) is 0 Å². The highest BCUT2D eigenvalue weighted by molar-refractivity contribution is 5.28. The van der Waals surface area contributed by atoms with Gasteiger partial charge in [0, 0.05) is 25.7 Å². The minimum Gasteiger partial charge on any atom is -0.493 e. The van der Waals surface area contributed by atoms with Crippen LogP contribution in [-0.2, 0) is 6.54 Å². The third-order valence-electron chi connectivity index (χ3n) is 3.20. The predicted molar refractivity (Wildman–Crippen MR) is 74.6 cm³/mol. The van der Waals surface area contributed by atoms with E-state index >= 15 is 0 Å². The Morgan fingerprint density at radius 3 is 2.94 bits per heavy atom. The van der Waals surface area contributed by atoms with E-state index in [0.29, 0.717) is 12.0 Å². The topological polar surface area (TPSA) is 38.5 Å². The molecule has 2 N–H and O–H groups in total. The fourth-order valence-electron chi connectivity index (χ4n) is 2.26. The highest BCUT2D eigenvalue weighted by Gasteiger charge is 2.18. The van der Waals surface area contributed by atoms with Crippen molar-refractivity contribution in [2.45, 2.75) is 32.9 Å². The molecule has 3 heteroatoms. The van der Waals surface area contributed by atoms with Gasteiger partial charge < -0.3 is 10.5 Å². The number of hydrogen-bond donors (Lipinski definition) is 1. The molecule has 1 heterocycles. The van der Waals surface area contributed by atoms with Gasteiger partial charge in [-0.1, -0.05) is 26.0 Å². The molecule has 1 aliphatic rings. The van der Waals surface area contributed by atoms with Crippen molar-refractivity contribution in [2.75, 3.05) is 19.7 Å². The summed E-state index contributed by atoms with van der Waals surface area (Å²) in [5.41, 5.74) is 7.23. The Hall–Kier alpha value is -1.06. The summed E-state index contributed by atoms with van der Waals surface area (Å²) in [5, 5.41) is 0. The summed E-state index contributed by atoms with van der Waals surface area (Å²) in [7, 11) is 0. The van der Waals surface area contributed by atoms with Crippen LogP contribution in [-0.4, -0.2) is 30.6 Å². The van der Waals surface area contributed by atoms with E-state index in [-0.39, 0.29) is 0 Å². The van der Waals surface area contributed by atoms with Crippen molar-refractivity contribution in [3.63, 3.8) is 0 Å². The second kappa shape index (κ2) is 6.21. The average molecular weight is 248 g/mol. The van der Waals surface area contributed by atoms with Crippen LogP contribution in [0.1, 0.15) is 25.8 Å². The van der Waals surface area contributed by atoms with E-state index in [0.717, 1.165) is 38.4 Å². The summed E-state index contributed by atoms with van der Waals surface area (Å²) in [6, 6.07) is 8.76. The Morgan fingerprint density at radius 2 is 2.28 bits per heavy atom. The minimum absolute atomic E-state index is 0.352. The summed E-state index contributed by atoms with van der Waals surface area (Å²) in [4.78, 5) is 2.41. The molecular weight excluding hydrogens is 224 g/mol. The summed E-state index contributed by atoms with van der Waals surface area (Å²) in [6.45, 7) is 8.20. The minimum atomic E-state index is 0.352. The van der Waals surface area contributed by atoms with Crippen molar-refractivity contribution in [2.24, 2.45) is 11.7 Å². The molecule has 0 aliphatic carbocycles. The number of nitrogens with zero attached hydrogens (tertiary/aromatic N) is 1. The number of likely N-dealkylation sites (tertiary alicyclic amines) is 1. The zero-order valence-corrected chi connectivity index (χ0v) is 11.4. The number of rotatable bonds is 5. The van der Waals surface area contributed by atoms with Crippen LogP contribution in [0.15, 0.2) is 24.3 Å². The van der Waals surface area contributed by atoms with Crippen LogP contribution in [0, 0.1) is 5.92 Å². The van der Waals surface area contributed by atoms with Gasteiger partial charge in [0.15, 0.2) is 0 Å². The first-order valence-corrected chi connectivity index (χ1v) is 6.83. The molecule has 100 valence electrons. The lowest BCUT2D eigenvalue weighted by molar-refractivity contribution is 0.270. The molecule has 0 bridgehead atoms. The molecule has 18 heavy (non-hydrogen) atoms. The molecule has 0 aromatic heterocycles. The van der Waals surface area contributed by atoms with Gasteiger partial charge in [0.25, 0.3) is 0 Å². The molecule has 1 aliphatic heterocycles. The largest absolute Gasteiger partial charge is 0.493 e. The van der Waals surface area contributed by atoms with Crippen LogP contribution in [0.5, 0.6) is 5.75 Å². The first kappa shape index (κ1) is 13.4. The molecule has 0 saturated carbocycles. The molecule has 3 nitrogen and oxygen atoms in total. The summed E-state index contributed by atoms with van der Waals surface area (Å²) in [5.74, 6) is 1.54. The predicted octanol–water partition coefficient (Wildman–Crippen LogP) is 2.25. The van der Waals surface area contributed by atoms with E-state index in [9.17, 15) is 0 Å². The molecule has 0 radical (unpaired) electrons. The standard InChI is InChI=1S/C15H24N2O/c1-12(2)11-18-15-5-3-4-13(8-15)9-17-7-6-14(16)10-17/h3-5,8,12,14H,6-7,9-11,16H2,1-2H3. The third-order valence-corrected chi connectivity index (χ3v) is 3.20. The molecule has 0 amide bonds. The van der Waals surface area contributed by atoms with Gasteiger partial charge >= 0.3 is 0 Å². The Balaban J connectivity index is 1.90. The maximum absolute atomic E-state index is 5.92. The van der Waals surface area contributed by atoms with Gasteiger partial charge in [-0.05, 0) is 30.0 Å². The van der Waals surface area contributed by atoms with Gasteiger partial charge in [0.05, 0.1) is 6.61 Å². The lowest BCUT2D eigenvalue weighted by Crippen LogP contribution is -2.26. The number of ether oxygens (including phenoxy) is 1. The van der Waals surface area contributed by atoms with Crippen LogP contribution in [0.2, 0.25) is 0 Å². The van der Waals surface area contributed by atoms with Gasteiger partial charge in [-0.3, -0.25) is 4.90 Å². The molecule has 1 unspecified atom stereocenters. The maximum atomic E-state index is 5.92. The maximum Gasteiger partial charge on any atom is 0.119 e. The number of nitrogens with two attached hydrogens (primary N) is 1. The zero-order valence-electron chi connectivity index (χ0n) is 11.4. The lowest BCUT2D eigenvalue weighted by Gasteiger charge is -2.16. The normalized spacial score (nSPS) is 20.6. The van der Waals surface area contributed by atoms with Crippen molar-refractivity contribution < 1.29 is 4.74 Å². The number of benzene rings is 1. The lowest BCUT2D eigenvalue weighted by atomic mass is 10.2. The molecule has 0 spiro atoms. The monoisotopic (exact) mass is 248 g/mol. The molecule has 1 saturated heterocycles. The van der Waals surface area contributed by atoms with E-state index < -0.39 is 0 Å². The Kier molecular flexibility index (Phi) is 4.61. The first-order chi connectivity index (χ1) is 8.63. The van der Waals surface area contributed by atoms with Crippen molar-refractivity contribution in [3.8, 4) is 5.75 Å². The highest BCUT2D eigenvalue weighted by Crippen LogP contribution is 2.17. The van der Waals surface area contributed by atoms with Gasteiger partial charge in [-0.2, -0.15) is 0 Å². The van der Waals surface area contributed by atoms with Crippen LogP contribution >= 0.6 is 0 Å². The van der Waals surface area contributed by atoms with Crippen molar-refractivity contribution in [1.29, 1.82) is 0 Å². The van der Waals surface area contributed by atoms with E-state index in [4.69, 9.17) is 10.5 Å². The van der Waals surface area contributed by atoms with E-state index in [1.165, 1.54) is 5.56 Å². The first-order valence-electron chi connectivity index (χ1n) is 6.83. The van der Waals surface area contributed by atoms with Crippen molar-refractivity contribution in [1.82, 2.24) is 4.90 Å². The summed E-state index contributed by atoms with van der Waals surface area (Å²) < 4.78 is 5.75. The highest BCUT2D eigenvalue weighted by atomic mass is 16.5. The van der Waals surface area contributed by atoms with E-state index in [2.05, 4.69) is 36.9 Å². The third kappa shape index (κ3) is 4.00. The van der Waals surface area contributed by atoms with Gasteiger partial charge in [0.2, 0.25) is 0 Å². The fourth-order valence-corrected chi connectivity index (χ4v) is 2.26. The van der Waals surface area contributed by atoms with Gasteiger partial charge in [0.1, 0.15) is 5.75 Å². The van der Waals surface area contributed by atoms with Gasteiger partial charge in [-0.25, -0.2) is 0 Å². The molecule has 2 rings (SSSR count). The van der Waals surface area contributed by atoms with E-state index in [1.54, 1.807) is 0 Å². The van der Waals surface area contributed by atoms with E-state index in [1.807, 2.05) is 6.07 Å². The Morgan fingerprint density at radius 1 is 1.44 bits per heavy atom.